The molecule has 1 heterocycles. The molecule has 104 valence electrons. The van der Waals surface area contributed by atoms with Crippen LogP contribution in [0.25, 0.3) is 0 Å². The van der Waals surface area contributed by atoms with Crippen LogP contribution in [0.3, 0.4) is 0 Å². The molecule has 2 aromatic rings. The summed E-state index contributed by atoms with van der Waals surface area (Å²) in [5, 5.41) is 0. The highest BCUT2D eigenvalue weighted by molar-refractivity contribution is 9.10. The summed E-state index contributed by atoms with van der Waals surface area (Å²) in [5.74, 6) is -0.581. The first-order valence-corrected chi connectivity index (χ1v) is 7.00. The molecule has 0 spiro atoms. The summed E-state index contributed by atoms with van der Waals surface area (Å²) in [6, 6.07) is 8.79. The van der Waals surface area contributed by atoms with Crippen LogP contribution in [0.2, 0.25) is 0 Å². The largest absolute Gasteiger partial charge is 0.485 e. The SMILES string of the molecule is NC1CC(c2cc(F)cc(F)c2)Oc2cc(Br)ccc21. The van der Waals surface area contributed by atoms with Crippen LogP contribution in [0.5, 0.6) is 5.75 Å². The molecule has 1 aliphatic rings. The summed E-state index contributed by atoms with van der Waals surface area (Å²) >= 11 is 3.37. The third-order valence-electron chi connectivity index (χ3n) is 3.37. The fraction of sp³-hybridized carbons (Fsp3) is 0.200. The lowest BCUT2D eigenvalue weighted by atomic mass is 9.93. The van der Waals surface area contributed by atoms with Crippen LogP contribution in [0.4, 0.5) is 8.78 Å². The van der Waals surface area contributed by atoms with E-state index in [1.54, 1.807) is 0 Å². The van der Waals surface area contributed by atoms with Gasteiger partial charge in [0.2, 0.25) is 0 Å². The van der Waals surface area contributed by atoms with Crippen molar-refractivity contribution in [2.75, 3.05) is 0 Å². The van der Waals surface area contributed by atoms with E-state index in [1.165, 1.54) is 12.1 Å². The zero-order valence-corrected chi connectivity index (χ0v) is 12.0. The molecule has 0 aromatic heterocycles. The predicted molar refractivity (Wildman–Crippen MR) is 75.4 cm³/mol. The van der Waals surface area contributed by atoms with Crippen LogP contribution < -0.4 is 10.5 Å². The number of hydrogen-bond acceptors (Lipinski definition) is 2. The lowest BCUT2D eigenvalue weighted by Crippen LogP contribution is -2.24. The second-order valence-corrected chi connectivity index (χ2v) is 5.75. The van der Waals surface area contributed by atoms with Gasteiger partial charge in [-0.25, -0.2) is 8.78 Å². The highest BCUT2D eigenvalue weighted by Gasteiger charge is 2.27. The quantitative estimate of drug-likeness (QED) is 0.842. The topological polar surface area (TPSA) is 35.2 Å². The van der Waals surface area contributed by atoms with E-state index in [2.05, 4.69) is 15.9 Å². The van der Waals surface area contributed by atoms with E-state index in [0.29, 0.717) is 17.7 Å². The fourth-order valence-corrected chi connectivity index (χ4v) is 2.78. The Balaban J connectivity index is 1.98. The van der Waals surface area contributed by atoms with E-state index in [1.807, 2.05) is 18.2 Å². The average molecular weight is 340 g/mol. The van der Waals surface area contributed by atoms with Crippen LogP contribution in [0.15, 0.2) is 40.9 Å². The predicted octanol–water partition coefficient (Wildman–Crippen LogP) is 4.25. The first kappa shape index (κ1) is 13.5. The maximum Gasteiger partial charge on any atom is 0.126 e. The average Bonchev–Trinajstić information content (AvgIpc) is 2.36. The van der Waals surface area contributed by atoms with E-state index >= 15 is 0 Å². The lowest BCUT2D eigenvalue weighted by molar-refractivity contribution is 0.160. The molecule has 0 saturated heterocycles. The van der Waals surface area contributed by atoms with Gasteiger partial charge in [0.05, 0.1) is 0 Å². The van der Waals surface area contributed by atoms with Crippen molar-refractivity contribution >= 4 is 15.9 Å². The van der Waals surface area contributed by atoms with Gasteiger partial charge in [0.15, 0.2) is 0 Å². The van der Waals surface area contributed by atoms with E-state index in [4.69, 9.17) is 10.5 Å². The summed E-state index contributed by atoms with van der Waals surface area (Å²) in [5.41, 5.74) is 7.48. The Morgan fingerprint density at radius 1 is 1.10 bits per heavy atom. The van der Waals surface area contributed by atoms with E-state index in [9.17, 15) is 8.78 Å². The van der Waals surface area contributed by atoms with E-state index < -0.39 is 17.7 Å². The number of nitrogens with two attached hydrogens (primary N) is 1. The molecule has 0 aliphatic carbocycles. The molecule has 3 rings (SSSR count). The molecule has 0 radical (unpaired) electrons. The smallest absolute Gasteiger partial charge is 0.126 e. The molecule has 1 aliphatic heterocycles. The molecule has 0 saturated carbocycles. The first-order chi connectivity index (χ1) is 9.52. The van der Waals surface area contributed by atoms with Crippen LogP contribution >= 0.6 is 15.9 Å². The van der Waals surface area contributed by atoms with Crippen molar-refractivity contribution in [2.24, 2.45) is 5.73 Å². The standard InChI is InChI=1S/C15H12BrF2NO/c16-9-1-2-12-13(19)7-14(20-15(12)5-9)8-3-10(17)6-11(18)4-8/h1-6,13-14H,7,19H2. The number of halogens is 3. The maximum atomic E-state index is 13.3. The summed E-state index contributed by atoms with van der Waals surface area (Å²) in [7, 11) is 0. The molecule has 0 fully saturated rings. The van der Waals surface area contributed by atoms with Gasteiger partial charge in [-0.1, -0.05) is 22.0 Å². The Bertz CT molecular complexity index is 642. The Hall–Kier alpha value is -1.46. The van der Waals surface area contributed by atoms with Crippen molar-refractivity contribution in [3.05, 3.63) is 63.6 Å². The monoisotopic (exact) mass is 339 g/mol. The number of ether oxygens (including phenoxy) is 1. The minimum Gasteiger partial charge on any atom is -0.485 e. The molecule has 5 heteroatoms. The van der Waals surface area contributed by atoms with Gasteiger partial charge in [0.1, 0.15) is 23.5 Å². The van der Waals surface area contributed by atoms with Gasteiger partial charge in [-0.3, -0.25) is 0 Å². The number of benzene rings is 2. The van der Waals surface area contributed by atoms with Gasteiger partial charge < -0.3 is 10.5 Å². The van der Waals surface area contributed by atoms with Gasteiger partial charge in [-0.05, 0) is 29.8 Å². The third kappa shape index (κ3) is 2.55. The molecule has 2 nitrogen and oxygen atoms in total. The molecular weight excluding hydrogens is 328 g/mol. The van der Waals surface area contributed by atoms with Crippen LogP contribution in [-0.2, 0) is 0 Å². The van der Waals surface area contributed by atoms with E-state index in [-0.39, 0.29) is 6.04 Å². The van der Waals surface area contributed by atoms with Crippen molar-refractivity contribution in [1.29, 1.82) is 0 Å². The summed E-state index contributed by atoms with van der Waals surface area (Å²) in [6.07, 6.45) is 0.0364. The van der Waals surface area contributed by atoms with Gasteiger partial charge in [-0.15, -0.1) is 0 Å². The van der Waals surface area contributed by atoms with Gasteiger partial charge >= 0.3 is 0 Å². The zero-order chi connectivity index (χ0) is 14.3. The van der Waals surface area contributed by atoms with Crippen molar-refractivity contribution < 1.29 is 13.5 Å². The molecule has 2 aromatic carbocycles. The van der Waals surface area contributed by atoms with Gasteiger partial charge in [0, 0.05) is 28.6 Å². The number of rotatable bonds is 1. The first-order valence-electron chi connectivity index (χ1n) is 6.20. The summed E-state index contributed by atoms with van der Waals surface area (Å²) < 4.78 is 33.3. The highest BCUT2D eigenvalue weighted by Crippen LogP contribution is 2.41. The summed E-state index contributed by atoms with van der Waals surface area (Å²) in [6.45, 7) is 0. The molecule has 2 atom stereocenters. The second-order valence-electron chi connectivity index (χ2n) is 4.83. The lowest BCUT2D eigenvalue weighted by Gasteiger charge is -2.30. The second kappa shape index (κ2) is 5.14. The van der Waals surface area contributed by atoms with Gasteiger partial charge in [-0.2, -0.15) is 0 Å². The summed E-state index contributed by atoms with van der Waals surface area (Å²) in [4.78, 5) is 0. The fourth-order valence-electron chi connectivity index (χ4n) is 2.44. The van der Waals surface area contributed by atoms with Crippen molar-refractivity contribution in [1.82, 2.24) is 0 Å². The van der Waals surface area contributed by atoms with Crippen molar-refractivity contribution in [2.45, 2.75) is 18.6 Å². The highest BCUT2D eigenvalue weighted by atomic mass is 79.9. The Morgan fingerprint density at radius 2 is 1.80 bits per heavy atom. The normalized spacial score (nSPS) is 21.2. The molecule has 2 N–H and O–H groups in total. The Kier molecular flexibility index (Phi) is 3.48. The molecule has 0 bridgehead atoms. The molecule has 20 heavy (non-hydrogen) atoms. The zero-order valence-electron chi connectivity index (χ0n) is 10.4. The third-order valence-corrected chi connectivity index (χ3v) is 3.86. The van der Waals surface area contributed by atoms with Crippen molar-refractivity contribution in [3.63, 3.8) is 0 Å². The Labute approximate surface area is 123 Å². The van der Waals surface area contributed by atoms with Crippen LogP contribution in [0.1, 0.15) is 29.7 Å². The number of fused-ring (bicyclic) bond motifs is 1. The molecule has 0 amide bonds. The van der Waals surface area contributed by atoms with Gasteiger partial charge in [0.25, 0.3) is 0 Å². The molecular formula is C15H12BrF2NO. The maximum absolute atomic E-state index is 13.3. The molecule has 2 unspecified atom stereocenters. The Morgan fingerprint density at radius 3 is 2.50 bits per heavy atom. The van der Waals surface area contributed by atoms with Crippen LogP contribution in [-0.4, -0.2) is 0 Å². The van der Waals surface area contributed by atoms with E-state index in [0.717, 1.165) is 16.1 Å². The van der Waals surface area contributed by atoms with Crippen molar-refractivity contribution in [3.8, 4) is 5.75 Å². The van der Waals surface area contributed by atoms with Crippen LogP contribution in [0, 0.1) is 11.6 Å². The number of hydrogen-bond donors (Lipinski definition) is 1. The minimum absolute atomic E-state index is 0.219. The minimum atomic E-state index is -0.614.